The lowest BCUT2D eigenvalue weighted by Gasteiger charge is -2.63. The first-order valence-corrected chi connectivity index (χ1v) is 8.82. The smallest absolute Gasteiger partial charge is 0.0247 e. The topological polar surface area (TPSA) is 6.48 Å². The van der Waals surface area contributed by atoms with Crippen LogP contribution in [0.15, 0.2) is 0 Å². The summed E-state index contributed by atoms with van der Waals surface area (Å²) >= 11 is 0. The van der Waals surface area contributed by atoms with Gasteiger partial charge in [-0.25, -0.2) is 0 Å². The zero-order chi connectivity index (χ0) is 12.9. The molecule has 4 heterocycles. The zero-order valence-electron chi connectivity index (χ0n) is 12.6. The Morgan fingerprint density at radius 1 is 1.05 bits per heavy atom. The molecular formula is C17H30N2. The van der Waals surface area contributed by atoms with Crippen molar-refractivity contribution in [2.24, 2.45) is 11.8 Å². The second-order valence-electron chi connectivity index (χ2n) is 7.61. The largest absolute Gasteiger partial charge is 0.300 e. The highest BCUT2D eigenvalue weighted by Crippen LogP contribution is 2.49. The summed E-state index contributed by atoms with van der Waals surface area (Å²) in [5.41, 5.74) is 0.594. The van der Waals surface area contributed by atoms with Crippen LogP contribution in [0.1, 0.15) is 58.3 Å². The SMILES string of the molecule is CC[C@@]12CCCCN1C[C@@H]1C[C@H]2CN2CCCC[C@@H]12. The van der Waals surface area contributed by atoms with Gasteiger partial charge in [0.25, 0.3) is 0 Å². The van der Waals surface area contributed by atoms with E-state index < -0.39 is 0 Å². The average molecular weight is 262 g/mol. The minimum Gasteiger partial charge on any atom is -0.300 e. The van der Waals surface area contributed by atoms with Gasteiger partial charge in [0, 0.05) is 24.7 Å². The van der Waals surface area contributed by atoms with Crippen LogP contribution in [0, 0.1) is 11.8 Å². The monoisotopic (exact) mass is 262 g/mol. The van der Waals surface area contributed by atoms with E-state index in [4.69, 9.17) is 0 Å². The summed E-state index contributed by atoms with van der Waals surface area (Å²) in [7, 11) is 0. The Morgan fingerprint density at radius 2 is 1.95 bits per heavy atom. The number of hydrogen-bond donors (Lipinski definition) is 0. The molecule has 19 heavy (non-hydrogen) atoms. The van der Waals surface area contributed by atoms with Crippen LogP contribution in [0.4, 0.5) is 0 Å². The Balaban J connectivity index is 1.63. The Labute approximate surface area is 118 Å². The molecule has 4 saturated heterocycles. The highest BCUT2D eigenvalue weighted by molar-refractivity contribution is 5.08. The maximum atomic E-state index is 2.95. The first kappa shape index (κ1) is 12.6. The van der Waals surface area contributed by atoms with Crippen molar-refractivity contribution < 1.29 is 0 Å². The van der Waals surface area contributed by atoms with Crippen molar-refractivity contribution >= 4 is 0 Å². The molecule has 0 N–H and O–H groups in total. The van der Waals surface area contributed by atoms with Crippen LogP contribution in [0.3, 0.4) is 0 Å². The van der Waals surface area contributed by atoms with E-state index in [1.807, 2.05) is 0 Å². The van der Waals surface area contributed by atoms with E-state index in [2.05, 4.69) is 16.7 Å². The van der Waals surface area contributed by atoms with Gasteiger partial charge in [0.05, 0.1) is 0 Å². The molecule has 0 aromatic rings. The number of rotatable bonds is 1. The maximum Gasteiger partial charge on any atom is 0.0247 e. The van der Waals surface area contributed by atoms with E-state index in [1.165, 1.54) is 71.1 Å². The van der Waals surface area contributed by atoms with Crippen molar-refractivity contribution in [1.29, 1.82) is 0 Å². The molecule has 2 nitrogen and oxygen atoms in total. The van der Waals surface area contributed by atoms with Crippen molar-refractivity contribution in [3.05, 3.63) is 0 Å². The summed E-state index contributed by atoms with van der Waals surface area (Å²) < 4.78 is 0. The van der Waals surface area contributed by atoms with Crippen molar-refractivity contribution in [3.8, 4) is 0 Å². The van der Waals surface area contributed by atoms with E-state index in [9.17, 15) is 0 Å². The molecule has 0 radical (unpaired) electrons. The molecule has 0 spiro atoms. The quantitative estimate of drug-likeness (QED) is 0.716. The second kappa shape index (κ2) is 4.73. The van der Waals surface area contributed by atoms with Gasteiger partial charge in [-0.05, 0) is 63.5 Å². The molecule has 2 bridgehead atoms. The first-order chi connectivity index (χ1) is 9.33. The summed E-state index contributed by atoms with van der Waals surface area (Å²) in [6.45, 7) is 8.10. The standard InChI is InChI=1S/C17H30N2/c1-2-17-8-4-6-10-19(17)12-14-11-15(17)13-18-9-5-3-7-16(14)18/h14-16H,2-13H2,1H3/t14-,15-,16-,17-/m0/s1. The van der Waals surface area contributed by atoms with Crippen molar-refractivity contribution in [2.75, 3.05) is 26.2 Å². The van der Waals surface area contributed by atoms with Gasteiger partial charge in [0.15, 0.2) is 0 Å². The predicted molar refractivity (Wildman–Crippen MR) is 79.3 cm³/mol. The van der Waals surface area contributed by atoms with Crippen LogP contribution in [-0.2, 0) is 0 Å². The Bertz CT molecular complexity index is 342. The molecule has 0 aliphatic carbocycles. The van der Waals surface area contributed by atoms with Crippen LogP contribution in [0.25, 0.3) is 0 Å². The third-order valence-corrected chi connectivity index (χ3v) is 7.00. The molecule has 0 aromatic heterocycles. The third-order valence-electron chi connectivity index (χ3n) is 7.00. The molecule has 4 fully saturated rings. The fourth-order valence-corrected chi connectivity index (χ4v) is 6.07. The Hall–Kier alpha value is -0.0800. The van der Waals surface area contributed by atoms with E-state index >= 15 is 0 Å². The molecule has 0 saturated carbocycles. The number of hydrogen-bond acceptors (Lipinski definition) is 2. The summed E-state index contributed by atoms with van der Waals surface area (Å²) in [6.07, 6.45) is 11.8. The minimum atomic E-state index is 0.594. The third kappa shape index (κ3) is 1.82. The van der Waals surface area contributed by atoms with Gasteiger partial charge in [0.1, 0.15) is 0 Å². The van der Waals surface area contributed by atoms with E-state index in [-0.39, 0.29) is 0 Å². The molecule has 4 rings (SSSR count). The fraction of sp³-hybridized carbons (Fsp3) is 1.00. The van der Waals surface area contributed by atoms with Gasteiger partial charge in [-0.3, -0.25) is 9.80 Å². The van der Waals surface area contributed by atoms with Gasteiger partial charge >= 0.3 is 0 Å². The molecule has 2 heteroatoms. The maximum absolute atomic E-state index is 2.95. The summed E-state index contributed by atoms with van der Waals surface area (Å²) in [5.74, 6) is 1.97. The predicted octanol–water partition coefficient (Wildman–Crippen LogP) is 3.13. The van der Waals surface area contributed by atoms with Crippen molar-refractivity contribution in [2.45, 2.75) is 69.9 Å². The van der Waals surface area contributed by atoms with Gasteiger partial charge in [-0.2, -0.15) is 0 Å². The van der Waals surface area contributed by atoms with E-state index in [0.29, 0.717) is 5.54 Å². The van der Waals surface area contributed by atoms with Crippen LogP contribution in [0.2, 0.25) is 0 Å². The molecule has 0 aromatic carbocycles. The normalized spacial score (nSPS) is 47.5. The highest BCUT2D eigenvalue weighted by atomic mass is 15.3. The lowest BCUT2D eigenvalue weighted by molar-refractivity contribution is -0.125. The molecule has 0 amide bonds. The summed E-state index contributed by atoms with van der Waals surface area (Å²) in [5, 5.41) is 0. The molecule has 0 unspecified atom stereocenters. The first-order valence-electron chi connectivity index (χ1n) is 8.82. The van der Waals surface area contributed by atoms with Crippen molar-refractivity contribution in [1.82, 2.24) is 9.80 Å². The van der Waals surface area contributed by atoms with Crippen molar-refractivity contribution in [3.63, 3.8) is 0 Å². The molecule has 4 aliphatic rings. The Morgan fingerprint density at radius 3 is 2.84 bits per heavy atom. The van der Waals surface area contributed by atoms with Gasteiger partial charge in [0.2, 0.25) is 0 Å². The lowest BCUT2D eigenvalue weighted by atomic mass is 9.63. The van der Waals surface area contributed by atoms with Gasteiger partial charge in [-0.1, -0.05) is 19.8 Å². The molecule has 4 aliphatic heterocycles. The van der Waals surface area contributed by atoms with Crippen LogP contribution in [0.5, 0.6) is 0 Å². The Kier molecular flexibility index (Phi) is 3.15. The summed E-state index contributed by atoms with van der Waals surface area (Å²) in [6, 6.07) is 0.946. The average Bonchev–Trinajstić information content (AvgIpc) is 2.47. The van der Waals surface area contributed by atoms with E-state index in [1.54, 1.807) is 6.42 Å². The van der Waals surface area contributed by atoms with Gasteiger partial charge < -0.3 is 0 Å². The van der Waals surface area contributed by atoms with Gasteiger partial charge in [-0.15, -0.1) is 0 Å². The van der Waals surface area contributed by atoms with Crippen LogP contribution >= 0.6 is 0 Å². The highest BCUT2D eigenvalue weighted by Gasteiger charge is 2.53. The molecule has 4 atom stereocenters. The minimum absolute atomic E-state index is 0.594. The number of piperidine rings is 4. The van der Waals surface area contributed by atoms with Crippen LogP contribution in [-0.4, -0.2) is 47.6 Å². The second-order valence-corrected chi connectivity index (χ2v) is 7.61. The number of nitrogens with zero attached hydrogens (tertiary/aromatic N) is 2. The zero-order valence-corrected chi connectivity index (χ0v) is 12.6. The summed E-state index contributed by atoms with van der Waals surface area (Å²) in [4.78, 5) is 5.84. The number of fused-ring (bicyclic) bond motifs is 6. The molecule has 108 valence electrons. The molecular weight excluding hydrogens is 232 g/mol. The fourth-order valence-electron chi connectivity index (χ4n) is 6.07. The van der Waals surface area contributed by atoms with Crippen LogP contribution < -0.4 is 0 Å². The lowest BCUT2D eigenvalue weighted by Crippen LogP contribution is -2.69. The van der Waals surface area contributed by atoms with E-state index in [0.717, 1.165) is 17.9 Å².